The molecule has 8 heteroatoms. The maximum atomic E-state index is 12.4. The fourth-order valence-electron chi connectivity index (χ4n) is 2.58. The number of aromatic nitrogens is 3. The topological polar surface area (TPSA) is 79.6 Å². The van der Waals surface area contributed by atoms with Crippen molar-refractivity contribution in [2.75, 3.05) is 24.5 Å². The second kappa shape index (κ2) is 6.43. The molecule has 0 atom stereocenters. The Morgan fingerprint density at radius 3 is 2.73 bits per heavy atom. The van der Waals surface area contributed by atoms with E-state index in [1.54, 1.807) is 0 Å². The first-order valence-corrected chi connectivity index (χ1v) is 8.44. The molecule has 0 aromatic carbocycles. The van der Waals surface area contributed by atoms with E-state index in [-0.39, 0.29) is 5.56 Å². The van der Waals surface area contributed by atoms with Gasteiger partial charge in [-0.05, 0) is 19.8 Å². The highest BCUT2D eigenvalue weighted by molar-refractivity contribution is 7.20. The number of anilines is 1. The summed E-state index contributed by atoms with van der Waals surface area (Å²) in [6.07, 6.45) is 6.10. The molecule has 0 spiro atoms. The molecular weight excluding hydrogens is 302 g/mol. The lowest BCUT2D eigenvalue weighted by molar-refractivity contribution is 0.0953. The minimum absolute atomic E-state index is 0.0343. The molecule has 2 aromatic heterocycles. The van der Waals surface area contributed by atoms with Gasteiger partial charge in [0.1, 0.15) is 5.56 Å². The number of carbonyl (C=O) groups is 1. The molecule has 3 rings (SSSR count). The van der Waals surface area contributed by atoms with Crippen molar-refractivity contribution in [2.24, 2.45) is 0 Å². The van der Waals surface area contributed by atoms with E-state index in [0.29, 0.717) is 11.5 Å². The zero-order chi connectivity index (χ0) is 15.5. The average Bonchev–Trinajstić information content (AvgIpc) is 2.76. The molecule has 1 fully saturated rings. The van der Waals surface area contributed by atoms with Crippen molar-refractivity contribution in [3.63, 3.8) is 0 Å². The Morgan fingerprint density at radius 2 is 2.05 bits per heavy atom. The van der Waals surface area contributed by atoms with Gasteiger partial charge in [-0.3, -0.25) is 9.59 Å². The van der Waals surface area contributed by atoms with Crippen LogP contribution in [0, 0.1) is 0 Å². The van der Waals surface area contributed by atoms with Crippen LogP contribution in [-0.2, 0) is 0 Å². The number of rotatable bonds is 3. The molecule has 1 saturated heterocycles. The predicted octanol–water partition coefficient (Wildman–Crippen LogP) is 1.28. The molecule has 1 N–H and O–H groups in total. The molecule has 118 valence electrons. The number of hydrogen-bond acceptors (Lipinski definition) is 6. The van der Waals surface area contributed by atoms with Gasteiger partial charge in [0, 0.05) is 25.8 Å². The minimum atomic E-state index is -0.409. The van der Waals surface area contributed by atoms with Gasteiger partial charge in [0.05, 0.1) is 0 Å². The van der Waals surface area contributed by atoms with Gasteiger partial charge in [-0.15, -0.1) is 5.10 Å². The molecule has 0 unspecified atom stereocenters. The molecule has 1 aliphatic heterocycles. The van der Waals surface area contributed by atoms with Crippen molar-refractivity contribution in [1.29, 1.82) is 0 Å². The van der Waals surface area contributed by atoms with Crippen molar-refractivity contribution in [1.82, 2.24) is 19.9 Å². The first kappa shape index (κ1) is 15.0. The van der Waals surface area contributed by atoms with E-state index >= 15 is 0 Å². The Hall–Kier alpha value is -1.96. The maximum absolute atomic E-state index is 12.4. The van der Waals surface area contributed by atoms with Crippen molar-refractivity contribution < 1.29 is 4.79 Å². The Balaban J connectivity index is 1.97. The highest BCUT2D eigenvalue weighted by Crippen LogP contribution is 2.24. The lowest BCUT2D eigenvalue weighted by Crippen LogP contribution is -2.31. The van der Waals surface area contributed by atoms with E-state index in [9.17, 15) is 9.59 Å². The number of fused-ring (bicyclic) bond motifs is 1. The quantitative estimate of drug-likeness (QED) is 0.921. The molecule has 3 heterocycles. The summed E-state index contributed by atoms with van der Waals surface area (Å²) in [4.78, 5) is 31.2. The van der Waals surface area contributed by atoms with Crippen LogP contribution in [0.4, 0.5) is 5.13 Å². The predicted molar refractivity (Wildman–Crippen MR) is 85.8 cm³/mol. The third-order valence-corrected chi connectivity index (χ3v) is 4.72. The van der Waals surface area contributed by atoms with Gasteiger partial charge in [-0.2, -0.15) is 4.52 Å². The molecular formula is C14H19N5O2S. The van der Waals surface area contributed by atoms with Gasteiger partial charge in [0.2, 0.25) is 10.1 Å². The van der Waals surface area contributed by atoms with E-state index in [1.165, 1.54) is 34.9 Å². The van der Waals surface area contributed by atoms with Crippen LogP contribution < -0.4 is 15.8 Å². The molecule has 0 aliphatic carbocycles. The largest absolute Gasteiger partial charge is 0.352 e. The van der Waals surface area contributed by atoms with Crippen molar-refractivity contribution in [3.8, 4) is 0 Å². The van der Waals surface area contributed by atoms with Crippen molar-refractivity contribution >= 4 is 27.3 Å². The lowest BCUT2D eigenvalue weighted by Gasteiger charge is -2.17. The molecule has 0 bridgehead atoms. The molecule has 0 saturated carbocycles. The zero-order valence-electron chi connectivity index (χ0n) is 12.5. The van der Waals surface area contributed by atoms with Gasteiger partial charge in [0.15, 0.2) is 0 Å². The monoisotopic (exact) mass is 321 g/mol. The fourth-order valence-corrected chi connectivity index (χ4v) is 3.49. The van der Waals surface area contributed by atoms with E-state index in [1.807, 2.05) is 6.92 Å². The molecule has 1 amide bonds. The third-order valence-electron chi connectivity index (χ3n) is 3.73. The van der Waals surface area contributed by atoms with E-state index < -0.39 is 11.5 Å². The van der Waals surface area contributed by atoms with Crippen LogP contribution in [0.1, 0.15) is 43.0 Å². The van der Waals surface area contributed by atoms with Crippen molar-refractivity contribution in [2.45, 2.75) is 32.6 Å². The minimum Gasteiger partial charge on any atom is -0.352 e. The SMILES string of the molecule is CCNC(=O)c1cnc2sc(N3CCCCCC3)nn2c1=O. The van der Waals surface area contributed by atoms with Crippen LogP contribution in [0.25, 0.3) is 4.96 Å². The summed E-state index contributed by atoms with van der Waals surface area (Å²) in [5.41, 5.74) is -0.375. The van der Waals surface area contributed by atoms with Crippen LogP contribution in [0.15, 0.2) is 11.0 Å². The summed E-state index contributed by atoms with van der Waals surface area (Å²) in [6, 6.07) is 0. The Bertz CT molecular complexity index is 730. The van der Waals surface area contributed by atoms with Crippen LogP contribution in [0.5, 0.6) is 0 Å². The fraction of sp³-hybridized carbons (Fsp3) is 0.571. The summed E-state index contributed by atoms with van der Waals surface area (Å²) in [7, 11) is 0. The van der Waals surface area contributed by atoms with Gasteiger partial charge in [-0.25, -0.2) is 4.98 Å². The van der Waals surface area contributed by atoms with E-state index in [2.05, 4.69) is 20.3 Å². The molecule has 7 nitrogen and oxygen atoms in total. The van der Waals surface area contributed by atoms with Crippen LogP contribution in [0.3, 0.4) is 0 Å². The van der Waals surface area contributed by atoms with Gasteiger partial charge in [-0.1, -0.05) is 24.2 Å². The van der Waals surface area contributed by atoms with E-state index in [0.717, 1.165) is 31.1 Å². The Morgan fingerprint density at radius 1 is 1.32 bits per heavy atom. The first-order valence-electron chi connectivity index (χ1n) is 7.62. The standard InChI is InChI=1S/C14H19N5O2S/c1-2-15-11(20)10-9-16-13-19(12(10)21)17-14(22-13)18-7-5-3-4-6-8-18/h9H,2-8H2,1H3,(H,15,20). The molecule has 1 aliphatic rings. The maximum Gasteiger partial charge on any atom is 0.288 e. The molecule has 22 heavy (non-hydrogen) atoms. The lowest BCUT2D eigenvalue weighted by atomic mass is 10.2. The second-order valence-corrected chi connectivity index (χ2v) is 6.25. The van der Waals surface area contributed by atoms with Crippen LogP contribution in [-0.4, -0.2) is 40.1 Å². The van der Waals surface area contributed by atoms with Crippen molar-refractivity contribution in [3.05, 3.63) is 22.1 Å². The normalized spacial score (nSPS) is 15.8. The third kappa shape index (κ3) is 2.83. The zero-order valence-corrected chi connectivity index (χ0v) is 13.4. The van der Waals surface area contributed by atoms with Crippen LogP contribution in [0.2, 0.25) is 0 Å². The number of nitrogens with one attached hydrogen (secondary N) is 1. The first-order chi connectivity index (χ1) is 10.7. The number of nitrogens with zero attached hydrogens (tertiary/aromatic N) is 4. The average molecular weight is 321 g/mol. The summed E-state index contributed by atoms with van der Waals surface area (Å²) in [5, 5.41) is 7.81. The van der Waals surface area contributed by atoms with Crippen LogP contribution >= 0.6 is 11.3 Å². The Labute approximate surface area is 132 Å². The second-order valence-electron chi connectivity index (χ2n) is 5.32. The number of amides is 1. The summed E-state index contributed by atoms with van der Waals surface area (Å²) in [6.45, 7) is 4.19. The molecule has 2 aromatic rings. The summed E-state index contributed by atoms with van der Waals surface area (Å²) < 4.78 is 1.25. The highest BCUT2D eigenvalue weighted by atomic mass is 32.1. The van der Waals surface area contributed by atoms with Gasteiger partial charge >= 0.3 is 0 Å². The number of hydrogen-bond donors (Lipinski definition) is 1. The number of carbonyl (C=O) groups excluding carboxylic acids is 1. The molecule has 0 radical (unpaired) electrons. The smallest absolute Gasteiger partial charge is 0.288 e. The Kier molecular flexibility index (Phi) is 4.37. The summed E-state index contributed by atoms with van der Waals surface area (Å²) >= 11 is 1.40. The summed E-state index contributed by atoms with van der Waals surface area (Å²) in [5.74, 6) is -0.404. The highest BCUT2D eigenvalue weighted by Gasteiger charge is 2.18. The van der Waals surface area contributed by atoms with Gasteiger partial charge < -0.3 is 10.2 Å². The van der Waals surface area contributed by atoms with E-state index in [4.69, 9.17) is 0 Å². The van der Waals surface area contributed by atoms with Gasteiger partial charge in [0.25, 0.3) is 11.5 Å².